The summed E-state index contributed by atoms with van der Waals surface area (Å²) in [5.41, 5.74) is -2.19. The van der Waals surface area contributed by atoms with E-state index in [4.69, 9.17) is 4.74 Å². The highest BCUT2D eigenvalue weighted by Crippen LogP contribution is 2.51. The van der Waals surface area contributed by atoms with Gasteiger partial charge in [-0.05, 0) is 36.8 Å². The van der Waals surface area contributed by atoms with Crippen LogP contribution in [0.1, 0.15) is 43.8 Å². The first-order valence-electron chi connectivity index (χ1n) is 11.0. The van der Waals surface area contributed by atoms with Crippen LogP contribution in [0, 0.1) is 11.3 Å². The Kier molecular flexibility index (Phi) is 6.64. The molecule has 0 spiro atoms. The molecule has 0 aliphatic heterocycles. The van der Waals surface area contributed by atoms with Gasteiger partial charge < -0.3 is 20.3 Å². The van der Waals surface area contributed by atoms with E-state index >= 15 is 0 Å². The second-order valence-corrected chi connectivity index (χ2v) is 10.4. The first-order valence-corrected chi connectivity index (χ1v) is 11.8. The molecule has 0 aromatic carbocycles. The fourth-order valence-electron chi connectivity index (χ4n) is 4.56. The number of anilines is 2. The molecule has 0 bridgehead atoms. The number of carboxylic acids is 1. The van der Waals surface area contributed by atoms with Crippen molar-refractivity contribution in [2.75, 3.05) is 12.4 Å². The third kappa shape index (κ3) is 5.12. The Morgan fingerprint density at radius 1 is 1.25 bits per heavy atom. The average Bonchev–Trinajstić information content (AvgIpc) is 3.29. The van der Waals surface area contributed by atoms with Crippen molar-refractivity contribution in [2.24, 2.45) is 11.3 Å². The Hall–Kier alpha value is -3.32. The van der Waals surface area contributed by atoms with Crippen LogP contribution in [-0.2, 0) is 16.6 Å². The largest absolute Gasteiger partial charge is 0.481 e. The number of nitrogens with one attached hydrogen (secondary N) is 1. The first kappa shape index (κ1) is 25.8. The molecule has 3 aromatic heterocycles. The highest BCUT2D eigenvalue weighted by molar-refractivity contribution is 7.15. The fraction of sp³-hybridized carbons (Fsp3) is 0.435. The van der Waals surface area contributed by atoms with Crippen molar-refractivity contribution in [2.45, 2.75) is 44.9 Å². The zero-order valence-electron chi connectivity index (χ0n) is 19.6. The molecule has 192 valence electrons. The van der Waals surface area contributed by atoms with Crippen molar-refractivity contribution >= 4 is 28.9 Å². The van der Waals surface area contributed by atoms with Crippen molar-refractivity contribution < 1.29 is 32.9 Å². The summed E-state index contributed by atoms with van der Waals surface area (Å²) in [5, 5.41) is 24.1. The second kappa shape index (κ2) is 9.28. The van der Waals surface area contributed by atoms with Crippen LogP contribution in [0.25, 0.3) is 10.4 Å². The molecule has 1 fully saturated rings. The first-order chi connectivity index (χ1) is 16.8. The number of hydrogen-bond acceptors (Lipinski definition) is 9. The molecule has 13 heteroatoms. The maximum Gasteiger partial charge on any atom is 0.433 e. The van der Waals surface area contributed by atoms with Crippen LogP contribution in [0.3, 0.4) is 0 Å². The summed E-state index contributed by atoms with van der Waals surface area (Å²) in [7, 11) is 1.43. The van der Waals surface area contributed by atoms with Gasteiger partial charge >= 0.3 is 12.1 Å². The van der Waals surface area contributed by atoms with Crippen molar-refractivity contribution in [3.05, 3.63) is 41.4 Å². The van der Waals surface area contributed by atoms with Crippen LogP contribution in [0.4, 0.5) is 24.8 Å². The third-order valence-corrected chi connectivity index (χ3v) is 7.48. The summed E-state index contributed by atoms with van der Waals surface area (Å²) in [6.07, 6.45) is 0.120. The zero-order chi connectivity index (χ0) is 26.3. The van der Waals surface area contributed by atoms with E-state index in [1.165, 1.54) is 24.6 Å². The number of carboxylic acid groups (broad SMARTS) is 1. The summed E-state index contributed by atoms with van der Waals surface area (Å²) in [5.74, 6) is -1.45. The Bertz CT molecular complexity index is 1280. The molecule has 0 amide bonds. The van der Waals surface area contributed by atoms with Gasteiger partial charge in [0.1, 0.15) is 16.3 Å². The minimum absolute atomic E-state index is 0.230. The number of methoxy groups -OCH3 is 1. The molecule has 9 nitrogen and oxygen atoms in total. The molecule has 1 saturated carbocycles. The van der Waals surface area contributed by atoms with Gasteiger partial charge in [-0.1, -0.05) is 13.8 Å². The molecular weight excluding hydrogens is 499 g/mol. The predicted molar refractivity (Wildman–Crippen MR) is 125 cm³/mol. The van der Waals surface area contributed by atoms with Crippen LogP contribution >= 0.6 is 11.3 Å². The number of carbonyl (C=O) groups is 1. The number of alkyl halides is 3. The Labute approximate surface area is 208 Å². The lowest BCUT2D eigenvalue weighted by Gasteiger charge is -2.44. The number of thiazole rings is 1. The molecule has 0 saturated heterocycles. The normalized spacial score (nSPS) is 21.7. The van der Waals surface area contributed by atoms with Gasteiger partial charge in [0.25, 0.3) is 0 Å². The SMILES string of the molecule is COc1ncc(Nc2nccc(C(F)(F)F)n2)cc1-c1cnc([C@]2(O)CC[C@@H](C(=O)O)C(C)(C)C2)s1. The molecular formula is C23H24F3N5O4S. The number of nitrogens with zero attached hydrogens (tertiary/aromatic N) is 4. The van der Waals surface area contributed by atoms with Gasteiger partial charge in [-0.2, -0.15) is 13.2 Å². The number of aliphatic hydroxyl groups is 1. The molecule has 3 N–H and O–H groups in total. The smallest absolute Gasteiger partial charge is 0.433 e. The predicted octanol–water partition coefficient (Wildman–Crippen LogP) is 4.86. The third-order valence-electron chi connectivity index (χ3n) is 6.25. The van der Waals surface area contributed by atoms with Crippen LogP contribution in [0.5, 0.6) is 5.88 Å². The lowest BCUT2D eigenvalue weighted by atomic mass is 9.63. The minimum Gasteiger partial charge on any atom is -0.481 e. The molecule has 4 rings (SSSR count). The zero-order valence-corrected chi connectivity index (χ0v) is 20.4. The molecule has 0 radical (unpaired) electrons. The summed E-state index contributed by atoms with van der Waals surface area (Å²) < 4.78 is 44.3. The summed E-state index contributed by atoms with van der Waals surface area (Å²) in [4.78, 5) is 28.2. The number of rotatable bonds is 6. The number of ether oxygens (including phenoxy) is 1. The van der Waals surface area contributed by atoms with E-state index in [2.05, 4.69) is 25.3 Å². The van der Waals surface area contributed by atoms with E-state index in [0.29, 0.717) is 27.6 Å². The molecule has 36 heavy (non-hydrogen) atoms. The summed E-state index contributed by atoms with van der Waals surface area (Å²) in [6, 6.07) is 2.39. The van der Waals surface area contributed by atoms with Crippen molar-refractivity contribution in [1.29, 1.82) is 0 Å². The minimum atomic E-state index is -4.61. The lowest BCUT2D eigenvalue weighted by Crippen LogP contribution is -2.44. The highest BCUT2D eigenvalue weighted by Gasteiger charge is 2.49. The van der Waals surface area contributed by atoms with Crippen LogP contribution in [-0.4, -0.2) is 43.2 Å². The molecule has 1 aliphatic rings. The van der Waals surface area contributed by atoms with E-state index in [1.807, 2.05) is 13.8 Å². The average molecular weight is 524 g/mol. The van der Waals surface area contributed by atoms with Gasteiger partial charge in [0.2, 0.25) is 11.8 Å². The number of aliphatic carboxylic acids is 1. The highest BCUT2D eigenvalue weighted by atomic mass is 32.1. The molecule has 0 unspecified atom stereocenters. The second-order valence-electron chi connectivity index (χ2n) is 9.33. The van der Waals surface area contributed by atoms with Crippen LogP contribution in [0.15, 0.2) is 30.7 Å². The van der Waals surface area contributed by atoms with Gasteiger partial charge in [0, 0.05) is 12.4 Å². The Morgan fingerprint density at radius 2 is 2.00 bits per heavy atom. The van der Waals surface area contributed by atoms with Crippen LogP contribution < -0.4 is 10.1 Å². The summed E-state index contributed by atoms with van der Waals surface area (Å²) in [6.45, 7) is 3.64. The molecule has 3 heterocycles. The van der Waals surface area contributed by atoms with Gasteiger partial charge in [0.15, 0.2) is 0 Å². The van der Waals surface area contributed by atoms with Gasteiger partial charge in [-0.3, -0.25) is 4.79 Å². The molecule has 3 aromatic rings. The lowest BCUT2D eigenvalue weighted by molar-refractivity contribution is -0.154. The van der Waals surface area contributed by atoms with E-state index in [9.17, 15) is 28.2 Å². The molecule has 2 atom stereocenters. The number of halogens is 3. The van der Waals surface area contributed by atoms with Gasteiger partial charge in [0.05, 0.1) is 35.4 Å². The standard InChI is InChI=1S/C23H24F3N5O4S/c1-21(2)11-22(34,6-4-14(21)18(32)33)19-29-10-15(36-19)13-8-12(9-28-17(13)35-3)30-20-27-7-5-16(31-20)23(24,25)26/h5,7-10,14,34H,4,6,11H2,1-3H3,(H,32,33)(H,27,30,31)/t14-,22-/m0/s1. The van der Waals surface area contributed by atoms with Crippen molar-refractivity contribution in [3.63, 3.8) is 0 Å². The van der Waals surface area contributed by atoms with Gasteiger partial charge in [-0.25, -0.2) is 19.9 Å². The fourth-order valence-corrected chi connectivity index (χ4v) is 5.60. The Morgan fingerprint density at radius 3 is 2.64 bits per heavy atom. The van der Waals surface area contributed by atoms with Crippen molar-refractivity contribution in [3.8, 4) is 16.3 Å². The number of pyridine rings is 1. The number of hydrogen-bond donors (Lipinski definition) is 3. The Balaban J connectivity index is 1.62. The summed E-state index contributed by atoms with van der Waals surface area (Å²) >= 11 is 1.22. The topological polar surface area (TPSA) is 130 Å². The van der Waals surface area contributed by atoms with E-state index in [1.54, 1.807) is 12.3 Å². The number of aromatic nitrogens is 4. The maximum absolute atomic E-state index is 13.0. The quantitative estimate of drug-likeness (QED) is 0.414. The van der Waals surface area contributed by atoms with Crippen LogP contribution in [0.2, 0.25) is 0 Å². The van der Waals surface area contributed by atoms with E-state index in [0.717, 1.165) is 12.3 Å². The van der Waals surface area contributed by atoms with Gasteiger partial charge in [-0.15, -0.1) is 11.3 Å². The molecule has 1 aliphatic carbocycles. The van der Waals surface area contributed by atoms with Crippen molar-refractivity contribution in [1.82, 2.24) is 19.9 Å². The maximum atomic E-state index is 13.0. The van der Waals surface area contributed by atoms with E-state index in [-0.39, 0.29) is 24.7 Å². The van der Waals surface area contributed by atoms with E-state index < -0.39 is 34.8 Å². The monoisotopic (exact) mass is 523 g/mol.